The summed E-state index contributed by atoms with van der Waals surface area (Å²) in [6.45, 7) is 2.59. The van der Waals surface area contributed by atoms with Gasteiger partial charge in [0.2, 0.25) is 5.91 Å². The van der Waals surface area contributed by atoms with E-state index in [4.69, 9.17) is 0 Å². The zero-order valence-corrected chi connectivity index (χ0v) is 18.4. The van der Waals surface area contributed by atoms with Crippen molar-refractivity contribution in [1.82, 2.24) is 25.0 Å². The van der Waals surface area contributed by atoms with Crippen LogP contribution >= 0.6 is 0 Å². The second kappa shape index (κ2) is 10.6. The number of aryl methyl sites for hydroxylation is 1. The van der Waals surface area contributed by atoms with Gasteiger partial charge in [-0.05, 0) is 49.4 Å². The quantitative estimate of drug-likeness (QED) is 0.536. The first-order valence-electron chi connectivity index (χ1n) is 10.3. The molecule has 0 spiro atoms. The third kappa shape index (κ3) is 6.21. The van der Waals surface area contributed by atoms with Crippen LogP contribution in [0.2, 0.25) is 0 Å². The van der Waals surface area contributed by atoms with Crippen LogP contribution in [0.3, 0.4) is 0 Å². The van der Waals surface area contributed by atoms with Crippen molar-refractivity contribution in [3.63, 3.8) is 0 Å². The van der Waals surface area contributed by atoms with Crippen molar-refractivity contribution in [2.45, 2.75) is 25.9 Å². The highest BCUT2D eigenvalue weighted by molar-refractivity contribution is 5.97. The van der Waals surface area contributed by atoms with E-state index in [-0.39, 0.29) is 29.7 Å². The Morgan fingerprint density at radius 3 is 2.69 bits per heavy atom. The van der Waals surface area contributed by atoms with Crippen LogP contribution in [0.15, 0.2) is 55.0 Å². The van der Waals surface area contributed by atoms with Crippen LogP contribution in [-0.2, 0) is 18.4 Å². The van der Waals surface area contributed by atoms with E-state index in [1.807, 2.05) is 30.0 Å². The zero-order chi connectivity index (χ0) is 23.1. The van der Waals surface area contributed by atoms with Crippen molar-refractivity contribution < 1.29 is 14.0 Å². The second-order valence-electron chi connectivity index (χ2n) is 7.62. The Labute approximate surface area is 186 Å². The fraction of sp³-hybridized carbons (Fsp3) is 0.304. The first-order valence-corrected chi connectivity index (χ1v) is 10.3. The van der Waals surface area contributed by atoms with Gasteiger partial charge in [0, 0.05) is 43.4 Å². The predicted molar refractivity (Wildman–Crippen MR) is 119 cm³/mol. The zero-order valence-electron chi connectivity index (χ0n) is 18.4. The highest BCUT2D eigenvalue weighted by Crippen LogP contribution is 2.19. The number of anilines is 1. The van der Waals surface area contributed by atoms with E-state index in [9.17, 15) is 14.0 Å². The Morgan fingerprint density at radius 2 is 2.03 bits per heavy atom. The fourth-order valence-corrected chi connectivity index (χ4v) is 3.45. The van der Waals surface area contributed by atoms with Crippen LogP contribution in [0.25, 0.3) is 0 Å². The molecule has 3 rings (SSSR count). The summed E-state index contributed by atoms with van der Waals surface area (Å²) in [5.41, 5.74) is 2.18. The van der Waals surface area contributed by atoms with Crippen LogP contribution < -0.4 is 10.6 Å². The van der Waals surface area contributed by atoms with E-state index in [0.29, 0.717) is 13.0 Å². The lowest BCUT2D eigenvalue weighted by Gasteiger charge is -2.18. The first-order chi connectivity index (χ1) is 15.4. The van der Waals surface area contributed by atoms with Gasteiger partial charge in [0.15, 0.2) is 0 Å². The molecule has 1 aromatic carbocycles. The minimum atomic E-state index is -0.606. The molecule has 0 fully saturated rings. The van der Waals surface area contributed by atoms with E-state index in [0.717, 1.165) is 17.3 Å². The molecular weight excluding hydrogens is 411 g/mol. The van der Waals surface area contributed by atoms with E-state index >= 15 is 0 Å². The van der Waals surface area contributed by atoms with Crippen LogP contribution in [0.1, 0.15) is 41.0 Å². The van der Waals surface area contributed by atoms with Crippen molar-refractivity contribution in [2.75, 3.05) is 18.9 Å². The van der Waals surface area contributed by atoms with E-state index < -0.39 is 11.7 Å². The van der Waals surface area contributed by atoms with Crippen LogP contribution in [0, 0.1) is 5.82 Å². The Kier molecular flexibility index (Phi) is 7.67. The molecule has 8 nitrogen and oxygen atoms in total. The number of hydrogen-bond donors (Lipinski definition) is 2. The number of pyridine rings is 1. The van der Waals surface area contributed by atoms with Gasteiger partial charge in [-0.2, -0.15) is 5.10 Å². The Hall–Kier alpha value is -3.59. The summed E-state index contributed by atoms with van der Waals surface area (Å²) in [4.78, 5) is 31.1. The first kappa shape index (κ1) is 23.1. The standard InChI is InChI=1S/C23H27FN6O2/c1-4-20(21-7-9-26-30(21)3)28-23(32)17-10-18(24)12-19(11-17)27-22(31)15-29(2)14-16-6-5-8-25-13-16/h5-13,20H,4,14-15H2,1-3H3,(H,27,31)(H,28,32). The number of rotatable bonds is 9. The summed E-state index contributed by atoms with van der Waals surface area (Å²) in [6, 6.07) is 9.12. The van der Waals surface area contributed by atoms with E-state index in [1.54, 1.807) is 37.4 Å². The molecule has 2 heterocycles. The molecule has 2 N–H and O–H groups in total. The maximum absolute atomic E-state index is 14.2. The summed E-state index contributed by atoms with van der Waals surface area (Å²) in [7, 11) is 3.60. The predicted octanol–water partition coefficient (Wildman–Crippen LogP) is 2.91. The molecule has 32 heavy (non-hydrogen) atoms. The molecule has 2 aromatic heterocycles. The molecule has 0 radical (unpaired) electrons. The lowest BCUT2D eigenvalue weighted by Crippen LogP contribution is -2.31. The van der Waals surface area contributed by atoms with Gasteiger partial charge in [-0.3, -0.25) is 24.2 Å². The molecule has 1 atom stereocenters. The summed E-state index contributed by atoms with van der Waals surface area (Å²) in [6.07, 6.45) is 5.73. The van der Waals surface area contributed by atoms with Gasteiger partial charge >= 0.3 is 0 Å². The molecule has 9 heteroatoms. The SMILES string of the molecule is CCC(NC(=O)c1cc(F)cc(NC(=O)CN(C)Cc2cccnc2)c1)c1ccnn1C. The number of hydrogen-bond acceptors (Lipinski definition) is 5. The number of carbonyl (C=O) groups excluding carboxylic acids is 2. The van der Waals surface area contributed by atoms with Gasteiger partial charge in [-0.1, -0.05) is 13.0 Å². The van der Waals surface area contributed by atoms with Gasteiger partial charge < -0.3 is 10.6 Å². The average molecular weight is 439 g/mol. The maximum atomic E-state index is 14.2. The van der Waals surface area contributed by atoms with Crippen molar-refractivity contribution >= 4 is 17.5 Å². The second-order valence-corrected chi connectivity index (χ2v) is 7.62. The molecule has 3 aromatic rings. The topological polar surface area (TPSA) is 92.2 Å². The normalized spacial score (nSPS) is 11.9. The minimum absolute atomic E-state index is 0.103. The molecule has 168 valence electrons. The van der Waals surface area contributed by atoms with Gasteiger partial charge in [0.1, 0.15) is 5.82 Å². The van der Waals surface area contributed by atoms with E-state index in [2.05, 4.69) is 20.7 Å². The molecule has 0 saturated carbocycles. The third-order valence-electron chi connectivity index (χ3n) is 4.96. The Balaban J connectivity index is 1.63. The summed E-state index contributed by atoms with van der Waals surface area (Å²) >= 11 is 0. The number of aromatic nitrogens is 3. The van der Waals surface area contributed by atoms with Gasteiger partial charge in [-0.25, -0.2) is 4.39 Å². The lowest BCUT2D eigenvalue weighted by molar-refractivity contribution is -0.117. The number of likely N-dealkylation sites (N-methyl/N-ethyl adjacent to an activating group) is 1. The number of nitrogens with one attached hydrogen (secondary N) is 2. The number of halogens is 1. The summed E-state index contributed by atoms with van der Waals surface area (Å²) in [5, 5.41) is 9.70. The van der Waals surface area contributed by atoms with Gasteiger partial charge in [-0.15, -0.1) is 0 Å². The largest absolute Gasteiger partial charge is 0.344 e. The molecule has 0 aliphatic carbocycles. The van der Waals surface area contributed by atoms with Crippen molar-refractivity contribution in [3.8, 4) is 0 Å². The Bertz CT molecular complexity index is 1070. The number of nitrogens with zero attached hydrogens (tertiary/aromatic N) is 4. The molecule has 0 aliphatic heterocycles. The minimum Gasteiger partial charge on any atom is -0.344 e. The molecule has 0 bridgehead atoms. The molecule has 2 amide bonds. The van der Waals surface area contributed by atoms with Crippen LogP contribution in [0.5, 0.6) is 0 Å². The maximum Gasteiger partial charge on any atom is 0.251 e. The number of benzene rings is 1. The van der Waals surface area contributed by atoms with Gasteiger partial charge in [0.25, 0.3) is 5.91 Å². The fourth-order valence-electron chi connectivity index (χ4n) is 3.45. The monoisotopic (exact) mass is 438 g/mol. The van der Waals surface area contributed by atoms with Crippen molar-refractivity contribution in [1.29, 1.82) is 0 Å². The highest BCUT2D eigenvalue weighted by atomic mass is 19.1. The third-order valence-corrected chi connectivity index (χ3v) is 4.96. The van der Waals surface area contributed by atoms with Gasteiger partial charge in [0.05, 0.1) is 18.3 Å². The Morgan fingerprint density at radius 1 is 1.22 bits per heavy atom. The van der Waals surface area contributed by atoms with E-state index in [1.165, 1.54) is 12.1 Å². The summed E-state index contributed by atoms with van der Waals surface area (Å²) < 4.78 is 15.9. The average Bonchev–Trinajstić information content (AvgIpc) is 3.17. The molecule has 1 unspecified atom stereocenters. The lowest BCUT2D eigenvalue weighted by atomic mass is 10.1. The molecule has 0 aliphatic rings. The number of carbonyl (C=O) groups is 2. The number of amides is 2. The van der Waals surface area contributed by atoms with Crippen molar-refractivity contribution in [2.24, 2.45) is 7.05 Å². The van der Waals surface area contributed by atoms with Crippen LogP contribution in [0.4, 0.5) is 10.1 Å². The highest BCUT2D eigenvalue weighted by Gasteiger charge is 2.18. The summed E-state index contributed by atoms with van der Waals surface area (Å²) in [5.74, 6) is -1.35. The molecule has 0 saturated heterocycles. The molecular formula is C23H27FN6O2. The van der Waals surface area contributed by atoms with Crippen LogP contribution in [-0.4, -0.2) is 45.1 Å². The van der Waals surface area contributed by atoms with Crippen molar-refractivity contribution in [3.05, 3.63) is 77.6 Å². The smallest absolute Gasteiger partial charge is 0.251 e.